The van der Waals surface area contributed by atoms with E-state index in [1.165, 1.54) is 32.1 Å². The lowest BCUT2D eigenvalue weighted by atomic mass is 9.46. The van der Waals surface area contributed by atoms with Crippen molar-refractivity contribution in [2.45, 2.75) is 111 Å². The number of aliphatic hydroxyl groups excluding tert-OH is 1. The predicted molar refractivity (Wildman–Crippen MR) is 121 cm³/mol. The van der Waals surface area contributed by atoms with Crippen molar-refractivity contribution in [1.82, 2.24) is 0 Å². The summed E-state index contributed by atoms with van der Waals surface area (Å²) in [5.74, 6) is 3.61. The Bertz CT molecular complexity index is 703. The van der Waals surface area contributed by atoms with Crippen LogP contribution in [0.5, 0.6) is 0 Å². The van der Waals surface area contributed by atoms with Gasteiger partial charge in [-0.15, -0.1) is 0 Å². The van der Waals surface area contributed by atoms with Crippen LogP contribution in [0.25, 0.3) is 0 Å². The molecule has 0 spiro atoms. The second-order valence-corrected chi connectivity index (χ2v) is 12.5. The second kappa shape index (κ2) is 7.73. The van der Waals surface area contributed by atoms with Crippen LogP contribution >= 0.6 is 0 Å². The van der Waals surface area contributed by atoms with Gasteiger partial charge in [0.05, 0.1) is 5.60 Å². The Morgan fingerprint density at radius 2 is 1.87 bits per heavy atom. The molecular weight excluding hydrogens is 372 g/mol. The highest BCUT2D eigenvalue weighted by molar-refractivity contribution is 6.00. The van der Waals surface area contributed by atoms with Gasteiger partial charge in [-0.1, -0.05) is 39.7 Å². The highest BCUT2D eigenvalue weighted by Crippen LogP contribution is 2.67. The van der Waals surface area contributed by atoms with Crippen molar-refractivity contribution in [2.24, 2.45) is 40.4 Å². The van der Waals surface area contributed by atoms with E-state index in [0.29, 0.717) is 23.7 Å². The van der Waals surface area contributed by atoms with Crippen LogP contribution < -0.4 is 0 Å². The number of ketones is 1. The minimum absolute atomic E-state index is 0.0141. The van der Waals surface area contributed by atoms with E-state index in [0.717, 1.165) is 49.0 Å². The smallest absolute Gasteiger partial charge is 0.187 e. The summed E-state index contributed by atoms with van der Waals surface area (Å²) in [5.41, 5.74) is 0.819. The molecule has 0 aromatic carbocycles. The Balaban J connectivity index is 1.50. The number of carbonyl (C=O) groups excluding carboxylic acids is 1. The summed E-state index contributed by atoms with van der Waals surface area (Å²) in [7, 11) is 0. The lowest BCUT2D eigenvalue weighted by molar-refractivity contribution is -0.131. The van der Waals surface area contributed by atoms with E-state index < -0.39 is 11.7 Å². The summed E-state index contributed by atoms with van der Waals surface area (Å²) in [6.07, 6.45) is 12.5. The molecule has 0 aliphatic heterocycles. The van der Waals surface area contributed by atoms with Crippen LogP contribution in [-0.4, -0.2) is 27.7 Å². The standard InChI is InChI=1S/C27H44O3/c1-17(7-6-14-25(2,3)30)19-10-11-20-18-8-9-22-24(29)23(28)13-16-27(22,5)21(18)12-15-26(19,20)4/h9,17-21,23,28,30H,6-8,10-16H2,1-5H3/t17-,18+,19-,20+,21+,23+,26-,27-/m1/s1. The molecule has 0 bridgehead atoms. The van der Waals surface area contributed by atoms with E-state index in [4.69, 9.17) is 0 Å². The topological polar surface area (TPSA) is 57.5 Å². The molecule has 4 aliphatic carbocycles. The summed E-state index contributed by atoms with van der Waals surface area (Å²) in [5, 5.41) is 20.2. The molecule has 2 N–H and O–H groups in total. The Hall–Kier alpha value is -0.670. The lowest BCUT2D eigenvalue weighted by Gasteiger charge is -2.58. The van der Waals surface area contributed by atoms with Crippen LogP contribution in [0.1, 0.15) is 98.8 Å². The van der Waals surface area contributed by atoms with Crippen molar-refractivity contribution in [3.05, 3.63) is 11.6 Å². The highest BCUT2D eigenvalue weighted by Gasteiger charge is 2.60. The van der Waals surface area contributed by atoms with Crippen LogP contribution in [0.15, 0.2) is 11.6 Å². The van der Waals surface area contributed by atoms with Crippen LogP contribution in [0, 0.1) is 40.4 Å². The molecule has 3 saturated carbocycles. The fourth-order valence-corrected chi connectivity index (χ4v) is 8.58. The van der Waals surface area contributed by atoms with E-state index in [1.807, 2.05) is 13.8 Å². The van der Waals surface area contributed by atoms with Crippen molar-refractivity contribution in [1.29, 1.82) is 0 Å². The van der Waals surface area contributed by atoms with Crippen molar-refractivity contribution in [2.75, 3.05) is 0 Å². The third-order valence-corrected chi connectivity index (χ3v) is 10.2. The fourth-order valence-electron chi connectivity index (χ4n) is 8.58. The van der Waals surface area contributed by atoms with Crippen molar-refractivity contribution in [3.8, 4) is 0 Å². The van der Waals surface area contributed by atoms with Crippen molar-refractivity contribution < 1.29 is 15.0 Å². The van der Waals surface area contributed by atoms with Gasteiger partial charge in [0, 0.05) is 5.57 Å². The Morgan fingerprint density at radius 3 is 2.57 bits per heavy atom. The van der Waals surface area contributed by atoms with E-state index in [1.54, 1.807) is 0 Å². The van der Waals surface area contributed by atoms with E-state index in [2.05, 4.69) is 26.8 Å². The molecule has 170 valence electrons. The molecule has 0 aromatic heterocycles. The molecule has 30 heavy (non-hydrogen) atoms. The minimum atomic E-state index is -0.768. The molecule has 0 unspecified atom stereocenters. The summed E-state index contributed by atoms with van der Waals surface area (Å²) < 4.78 is 0. The number of Topliss-reactive ketones (excluding diaryl/α,β-unsaturated/α-hetero) is 1. The monoisotopic (exact) mass is 416 g/mol. The van der Waals surface area contributed by atoms with Crippen molar-refractivity contribution in [3.63, 3.8) is 0 Å². The molecule has 0 amide bonds. The van der Waals surface area contributed by atoms with Crippen LogP contribution in [0.4, 0.5) is 0 Å². The van der Waals surface area contributed by atoms with E-state index in [-0.39, 0.29) is 11.2 Å². The molecule has 0 saturated heterocycles. The third kappa shape index (κ3) is 3.62. The molecule has 0 heterocycles. The van der Waals surface area contributed by atoms with E-state index in [9.17, 15) is 15.0 Å². The normalized spacial score (nSPS) is 44.7. The maximum absolute atomic E-state index is 12.7. The van der Waals surface area contributed by atoms with Gasteiger partial charge in [0.1, 0.15) is 6.10 Å². The number of fused-ring (bicyclic) bond motifs is 5. The molecule has 0 aromatic rings. The van der Waals surface area contributed by atoms with Gasteiger partial charge in [-0.2, -0.15) is 0 Å². The molecule has 4 aliphatic rings. The molecule has 4 rings (SSSR count). The van der Waals surface area contributed by atoms with Crippen molar-refractivity contribution >= 4 is 5.78 Å². The molecule has 3 fully saturated rings. The number of rotatable bonds is 5. The van der Waals surface area contributed by atoms with Crippen LogP contribution in [0.3, 0.4) is 0 Å². The number of carbonyl (C=O) groups is 1. The zero-order valence-electron chi connectivity index (χ0n) is 19.9. The average molecular weight is 417 g/mol. The maximum atomic E-state index is 12.7. The van der Waals surface area contributed by atoms with E-state index >= 15 is 0 Å². The summed E-state index contributed by atoms with van der Waals surface area (Å²) in [6.45, 7) is 11.2. The van der Waals surface area contributed by atoms with Gasteiger partial charge < -0.3 is 10.2 Å². The third-order valence-electron chi connectivity index (χ3n) is 10.2. The Morgan fingerprint density at radius 1 is 1.13 bits per heavy atom. The summed E-state index contributed by atoms with van der Waals surface area (Å²) in [6, 6.07) is 0. The van der Waals surface area contributed by atoms with Gasteiger partial charge in [-0.3, -0.25) is 4.79 Å². The van der Waals surface area contributed by atoms with Gasteiger partial charge >= 0.3 is 0 Å². The van der Waals surface area contributed by atoms with Gasteiger partial charge in [0.25, 0.3) is 0 Å². The maximum Gasteiger partial charge on any atom is 0.187 e. The average Bonchev–Trinajstić information content (AvgIpc) is 3.01. The predicted octanol–water partition coefficient (Wildman–Crippen LogP) is 5.68. The molecular formula is C27H44O3. The first kappa shape index (κ1) is 22.5. The van der Waals surface area contributed by atoms with Gasteiger partial charge in [0.2, 0.25) is 0 Å². The highest BCUT2D eigenvalue weighted by atomic mass is 16.3. The second-order valence-electron chi connectivity index (χ2n) is 12.5. The molecule has 0 radical (unpaired) electrons. The number of aliphatic hydroxyl groups is 2. The zero-order chi connectivity index (χ0) is 21.9. The number of allylic oxidation sites excluding steroid dienone is 1. The zero-order valence-corrected chi connectivity index (χ0v) is 19.9. The fraction of sp³-hybridized carbons (Fsp3) is 0.889. The van der Waals surface area contributed by atoms with Gasteiger partial charge in [0.15, 0.2) is 5.78 Å². The first-order valence-corrected chi connectivity index (χ1v) is 12.6. The van der Waals surface area contributed by atoms with Crippen LogP contribution in [0.2, 0.25) is 0 Å². The summed E-state index contributed by atoms with van der Waals surface area (Å²) in [4.78, 5) is 12.7. The minimum Gasteiger partial charge on any atom is -0.390 e. The molecule has 3 heteroatoms. The van der Waals surface area contributed by atoms with Crippen LogP contribution in [-0.2, 0) is 4.79 Å². The quantitative estimate of drug-likeness (QED) is 0.606. The Kier molecular flexibility index (Phi) is 5.80. The first-order chi connectivity index (χ1) is 14.0. The Labute approximate surface area is 183 Å². The van der Waals surface area contributed by atoms with Gasteiger partial charge in [-0.05, 0) is 106 Å². The lowest BCUT2D eigenvalue weighted by Crippen LogP contribution is -2.52. The number of hydrogen-bond donors (Lipinski definition) is 2. The SMILES string of the molecule is C[C@H](CCCC(C)(C)O)[C@H]1CC[C@H]2[C@@H]3CC=C4C(=O)[C@@H](O)CC[C@]4(C)[C@H]3CC[C@]12C. The largest absolute Gasteiger partial charge is 0.390 e. The number of hydrogen-bond acceptors (Lipinski definition) is 3. The van der Waals surface area contributed by atoms with Gasteiger partial charge in [-0.25, -0.2) is 0 Å². The molecule has 8 atom stereocenters. The first-order valence-electron chi connectivity index (χ1n) is 12.6. The molecule has 3 nitrogen and oxygen atoms in total. The summed E-state index contributed by atoms with van der Waals surface area (Å²) >= 11 is 0.